The van der Waals surface area contributed by atoms with Gasteiger partial charge < -0.3 is 10.5 Å². The topological polar surface area (TPSA) is 81.9 Å². The molecule has 0 saturated carbocycles. The zero-order valence-corrected chi connectivity index (χ0v) is 18.8. The number of ether oxygens (including phenoxy) is 1. The van der Waals surface area contributed by atoms with Gasteiger partial charge in [0.15, 0.2) is 6.04 Å². The molecule has 0 heterocycles. The molecule has 0 aliphatic carbocycles. The third-order valence-electron chi connectivity index (χ3n) is 4.42. The Hall–Kier alpha value is -3.22. The molecule has 0 aromatic heterocycles. The van der Waals surface area contributed by atoms with Gasteiger partial charge in [0.2, 0.25) is 0 Å². The molecule has 8 heteroatoms. The van der Waals surface area contributed by atoms with E-state index in [2.05, 4.69) is 0 Å². The minimum atomic E-state index is -1.23. The van der Waals surface area contributed by atoms with Crippen LogP contribution in [0.4, 0.5) is 11.4 Å². The van der Waals surface area contributed by atoms with E-state index in [0.29, 0.717) is 21.3 Å². The lowest BCUT2D eigenvalue weighted by atomic mass is 10.2. The lowest BCUT2D eigenvalue weighted by Crippen LogP contribution is -2.43. The van der Waals surface area contributed by atoms with Crippen LogP contribution in [0.3, 0.4) is 0 Å². The lowest BCUT2D eigenvalue weighted by Gasteiger charge is -2.31. The summed E-state index contributed by atoms with van der Waals surface area (Å²) in [5, 5.41) is 1.76. The van der Waals surface area contributed by atoms with E-state index in [1.54, 1.807) is 48.5 Å². The van der Waals surface area contributed by atoms with Crippen LogP contribution in [0.1, 0.15) is 5.56 Å². The van der Waals surface area contributed by atoms with Crippen molar-refractivity contribution in [1.82, 2.24) is 0 Å². The maximum Gasteiger partial charge on any atom is 0.337 e. The van der Waals surface area contributed by atoms with E-state index in [4.69, 9.17) is 26.9 Å². The Bertz CT molecular complexity index is 1120. The van der Waals surface area contributed by atoms with E-state index in [1.165, 1.54) is 12.2 Å². The first-order valence-corrected chi connectivity index (χ1v) is 10.8. The summed E-state index contributed by atoms with van der Waals surface area (Å²) in [6.45, 7) is 0.144. The van der Waals surface area contributed by atoms with Crippen molar-refractivity contribution < 1.29 is 19.2 Å². The SMILES string of the molecule is COC(=O)C(C(=C=O)Sc1ccccc1N)N(OCc1ccccc1)c1cccc(Cl)c1. The fourth-order valence-corrected chi connectivity index (χ4v) is 3.97. The van der Waals surface area contributed by atoms with Gasteiger partial charge in [0, 0.05) is 15.6 Å². The number of hydrogen-bond acceptors (Lipinski definition) is 7. The number of halogens is 1. The van der Waals surface area contributed by atoms with E-state index >= 15 is 0 Å². The Morgan fingerprint density at radius 3 is 2.47 bits per heavy atom. The summed E-state index contributed by atoms with van der Waals surface area (Å²) in [5.74, 6) is 1.18. The smallest absolute Gasteiger partial charge is 0.337 e. The summed E-state index contributed by atoms with van der Waals surface area (Å²) in [4.78, 5) is 31.6. The third-order valence-corrected chi connectivity index (χ3v) is 5.78. The molecule has 3 aromatic rings. The number of carbonyl (C=O) groups is 1. The number of para-hydroxylation sites is 1. The van der Waals surface area contributed by atoms with Crippen molar-refractivity contribution in [3.63, 3.8) is 0 Å². The first-order valence-electron chi connectivity index (χ1n) is 9.60. The highest BCUT2D eigenvalue weighted by Crippen LogP contribution is 2.35. The minimum absolute atomic E-state index is 0.0304. The van der Waals surface area contributed by atoms with E-state index in [1.807, 2.05) is 36.3 Å². The molecule has 0 radical (unpaired) electrons. The van der Waals surface area contributed by atoms with Crippen LogP contribution in [0.25, 0.3) is 0 Å². The van der Waals surface area contributed by atoms with Gasteiger partial charge in [0.1, 0.15) is 10.8 Å². The molecule has 3 rings (SSSR count). The van der Waals surface area contributed by atoms with Crippen molar-refractivity contribution in [3.05, 3.63) is 94.4 Å². The number of methoxy groups -OCH3 is 1. The van der Waals surface area contributed by atoms with E-state index in [-0.39, 0.29) is 11.5 Å². The number of esters is 1. The molecule has 1 unspecified atom stereocenters. The van der Waals surface area contributed by atoms with Crippen molar-refractivity contribution in [2.45, 2.75) is 17.5 Å². The molecule has 0 spiro atoms. The summed E-state index contributed by atoms with van der Waals surface area (Å²) in [5.41, 5.74) is 7.84. The van der Waals surface area contributed by atoms with E-state index in [0.717, 1.165) is 17.3 Å². The van der Waals surface area contributed by atoms with Crippen LogP contribution in [-0.4, -0.2) is 25.1 Å². The Balaban J connectivity index is 2.01. The average Bonchev–Trinajstić information content (AvgIpc) is 2.82. The summed E-state index contributed by atoms with van der Waals surface area (Å²) < 4.78 is 5.01. The number of rotatable bonds is 9. The molecule has 32 heavy (non-hydrogen) atoms. The van der Waals surface area contributed by atoms with Gasteiger partial charge in [0.05, 0.1) is 19.4 Å². The first kappa shape index (κ1) is 23.4. The number of anilines is 2. The van der Waals surface area contributed by atoms with Crippen molar-refractivity contribution in [3.8, 4) is 0 Å². The zero-order valence-electron chi connectivity index (χ0n) is 17.2. The van der Waals surface area contributed by atoms with Gasteiger partial charge in [-0.3, -0.25) is 4.84 Å². The second-order valence-corrected chi connectivity index (χ2v) is 8.12. The predicted octanol–water partition coefficient (Wildman–Crippen LogP) is 4.91. The normalized spacial score (nSPS) is 11.3. The highest BCUT2D eigenvalue weighted by molar-refractivity contribution is 8.03. The van der Waals surface area contributed by atoms with Crippen LogP contribution in [0.5, 0.6) is 0 Å². The number of carbonyl (C=O) groups excluding carboxylic acids is 2. The number of hydrogen-bond donors (Lipinski definition) is 1. The second-order valence-electron chi connectivity index (χ2n) is 6.60. The molecule has 0 amide bonds. The predicted molar refractivity (Wildman–Crippen MR) is 127 cm³/mol. The molecule has 1 atom stereocenters. The average molecular weight is 469 g/mol. The number of thioether (sulfide) groups is 1. The Morgan fingerprint density at radius 1 is 1.09 bits per heavy atom. The molecule has 0 aliphatic heterocycles. The quantitative estimate of drug-likeness (QED) is 0.157. The summed E-state index contributed by atoms with van der Waals surface area (Å²) in [7, 11) is 1.24. The number of nitrogens with zero attached hydrogens (tertiary/aromatic N) is 1. The molecule has 0 fully saturated rings. The van der Waals surface area contributed by atoms with Gasteiger partial charge in [-0.05, 0) is 35.9 Å². The first-order chi connectivity index (χ1) is 15.5. The Morgan fingerprint density at radius 2 is 1.81 bits per heavy atom. The van der Waals surface area contributed by atoms with Crippen LogP contribution in [0, 0.1) is 0 Å². The molecule has 3 aromatic carbocycles. The molecular weight excluding hydrogens is 448 g/mol. The number of nitrogen functional groups attached to an aromatic ring is 1. The molecule has 2 N–H and O–H groups in total. The Labute approximate surface area is 195 Å². The maximum absolute atomic E-state index is 12.9. The Kier molecular flexibility index (Phi) is 8.36. The minimum Gasteiger partial charge on any atom is -0.467 e. The molecule has 6 nitrogen and oxygen atoms in total. The van der Waals surface area contributed by atoms with Gasteiger partial charge in [0.25, 0.3) is 0 Å². The number of benzene rings is 3. The number of nitrogens with two attached hydrogens (primary N) is 1. The van der Waals surface area contributed by atoms with E-state index in [9.17, 15) is 9.59 Å². The van der Waals surface area contributed by atoms with Gasteiger partial charge >= 0.3 is 5.97 Å². The van der Waals surface area contributed by atoms with Gasteiger partial charge in [-0.1, -0.05) is 71.9 Å². The molecule has 0 bridgehead atoms. The van der Waals surface area contributed by atoms with Crippen molar-refractivity contribution in [1.29, 1.82) is 0 Å². The summed E-state index contributed by atoms with van der Waals surface area (Å²) in [6, 6.07) is 22.0. The third kappa shape index (κ3) is 5.93. The molecule has 0 saturated heterocycles. The maximum atomic E-state index is 12.9. The lowest BCUT2D eigenvalue weighted by molar-refractivity contribution is -0.143. The van der Waals surface area contributed by atoms with Crippen LogP contribution in [0.2, 0.25) is 5.02 Å². The van der Waals surface area contributed by atoms with Crippen molar-refractivity contribution in [2.24, 2.45) is 0 Å². The second kappa shape index (κ2) is 11.4. The van der Waals surface area contributed by atoms with Crippen molar-refractivity contribution in [2.75, 3.05) is 17.9 Å². The van der Waals surface area contributed by atoms with Crippen molar-refractivity contribution >= 4 is 46.6 Å². The fraction of sp³-hybridized carbons (Fsp3) is 0.125. The number of hydroxylamine groups is 1. The molecular formula is C24H21ClN2O4S. The molecule has 0 aliphatic rings. The monoisotopic (exact) mass is 468 g/mol. The highest BCUT2D eigenvalue weighted by Gasteiger charge is 2.34. The highest BCUT2D eigenvalue weighted by atomic mass is 35.5. The van der Waals surface area contributed by atoms with E-state index < -0.39 is 12.0 Å². The van der Waals surface area contributed by atoms with Gasteiger partial charge in [-0.25, -0.2) is 14.7 Å². The summed E-state index contributed by atoms with van der Waals surface area (Å²) >= 11 is 7.21. The van der Waals surface area contributed by atoms with Crippen LogP contribution < -0.4 is 10.8 Å². The van der Waals surface area contributed by atoms with Crippen LogP contribution in [0.15, 0.2) is 88.7 Å². The summed E-state index contributed by atoms with van der Waals surface area (Å²) in [6.07, 6.45) is 0. The zero-order chi connectivity index (χ0) is 22.9. The molecule has 164 valence electrons. The standard InChI is InChI=1S/C24H21ClN2O4S/c1-30-24(29)23(22(15-28)32-21-13-6-5-12-20(21)26)27(19-11-7-10-18(25)14-19)31-16-17-8-3-2-4-9-17/h2-14,23H,16,26H2,1H3. The van der Waals surface area contributed by atoms with Gasteiger partial charge in [-0.15, -0.1) is 0 Å². The van der Waals surface area contributed by atoms with Gasteiger partial charge in [-0.2, -0.15) is 0 Å². The van der Waals surface area contributed by atoms with Crippen LogP contribution in [-0.2, 0) is 25.8 Å². The largest absolute Gasteiger partial charge is 0.467 e. The fourth-order valence-electron chi connectivity index (χ4n) is 2.87. The van der Waals surface area contributed by atoms with Crippen LogP contribution >= 0.6 is 23.4 Å².